The zero-order valence-corrected chi connectivity index (χ0v) is 8.02. The van der Waals surface area contributed by atoms with E-state index in [9.17, 15) is 4.39 Å². The number of aliphatic hydroxyl groups excluding tert-OH is 1. The number of unbranched alkanes of at least 4 members (excludes halogenated alkanes) is 1. The molecule has 2 atom stereocenters. The molecular formula is C9H20FNO. The molecule has 0 aromatic heterocycles. The van der Waals surface area contributed by atoms with Crippen LogP contribution in [0, 0.1) is 5.92 Å². The Morgan fingerprint density at radius 3 is 2.50 bits per heavy atom. The van der Waals surface area contributed by atoms with Crippen molar-refractivity contribution < 1.29 is 9.50 Å². The highest BCUT2D eigenvalue weighted by Crippen LogP contribution is 2.11. The second-order valence-corrected chi connectivity index (χ2v) is 3.31. The van der Waals surface area contributed by atoms with E-state index in [1.54, 1.807) is 0 Å². The smallest absolute Gasteiger partial charge is 0.0933 e. The molecule has 0 aromatic carbocycles. The molecule has 12 heavy (non-hydrogen) atoms. The van der Waals surface area contributed by atoms with Gasteiger partial charge in [0.15, 0.2) is 0 Å². The fourth-order valence-electron chi connectivity index (χ4n) is 1.16. The van der Waals surface area contributed by atoms with E-state index in [4.69, 9.17) is 5.11 Å². The minimum atomic E-state index is -0.214. The first-order valence-electron chi connectivity index (χ1n) is 4.62. The molecule has 0 saturated carbocycles. The van der Waals surface area contributed by atoms with E-state index in [0.29, 0.717) is 18.4 Å². The maximum atomic E-state index is 11.7. The second kappa shape index (κ2) is 7.50. The van der Waals surface area contributed by atoms with Crippen LogP contribution in [-0.2, 0) is 0 Å². The van der Waals surface area contributed by atoms with E-state index in [2.05, 4.69) is 12.2 Å². The van der Waals surface area contributed by atoms with E-state index < -0.39 is 0 Å². The predicted molar refractivity (Wildman–Crippen MR) is 48.7 cm³/mol. The number of aliphatic hydroxyl groups is 1. The molecule has 2 nitrogen and oxygen atoms in total. The molecule has 0 aromatic rings. The molecule has 0 spiro atoms. The summed E-state index contributed by atoms with van der Waals surface area (Å²) < 4.78 is 11.7. The Labute approximate surface area is 74.2 Å². The van der Waals surface area contributed by atoms with Crippen molar-refractivity contribution in [2.45, 2.75) is 39.2 Å². The fraction of sp³-hybridized carbons (Fsp3) is 1.00. The van der Waals surface area contributed by atoms with Gasteiger partial charge < -0.3 is 5.11 Å². The Bertz CT molecular complexity index is 101. The lowest BCUT2D eigenvalue weighted by molar-refractivity contribution is 0.220. The number of nitrogens with one attached hydrogen (secondary N) is 1. The molecule has 0 aliphatic rings. The summed E-state index contributed by atoms with van der Waals surface area (Å²) in [7, 11) is 0. The third-order valence-corrected chi connectivity index (χ3v) is 2.31. The molecule has 0 bridgehead atoms. The van der Waals surface area contributed by atoms with E-state index in [-0.39, 0.29) is 13.4 Å². The average Bonchev–Trinajstić information content (AvgIpc) is 2.05. The first-order valence-corrected chi connectivity index (χ1v) is 4.62. The van der Waals surface area contributed by atoms with Crippen LogP contribution < -0.4 is 5.32 Å². The molecule has 0 saturated heterocycles. The van der Waals surface area contributed by atoms with Crippen molar-refractivity contribution in [3.05, 3.63) is 0 Å². The minimum absolute atomic E-state index is 0.0224. The molecule has 0 fully saturated rings. The number of hydrogen-bond donors (Lipinski definition) is 2. The molecule has 0 aliphatic carbocycles. The zero-order valence-electron chi connectivity index (χ0n) is 8.02. The van der Waals surface area contributed by atoms with Gasteiger partial charge in [-0.1, -0.05) is 13.3 Å². The standard InChI is InChI=1S/C9H20FNO/c1-8(5-3-4-6-10)9(2)11-7-12/h8-9,11-12H,3-7H2,1-2H3. The Balaban J connectivity index is 3.35. The van der Waals surface area contributed by atoms with Crippen LogP contribution in [0.25, 0.3) is 0 Å². The van der Waals surface area contributed by atoms with Gasteiger partial charge in [0, 0.05) is 6.04 Å². The highest BCUT2D eigenvalue weighted by atomic mass is 19.1. The lowest BCUT2D eigenvalue weighted by atomic mass is 9.97. The molecule has 0 amide bonds. The average molecular weight is 177 g/mol. The van der Waals surface area contributed by atoms with Crippen LogP contribution in [-0.4, -0.2) is 24.6 Å². The quantitative estimate of drug-likeness (QED) is 0.458. The molecule has 0 heterocycles. The third-order valence-electron chi connectivity index (χ3n) is 2.31. The molecule has 2 N–H and O–H groups in total. The SMILES string of the molecule is CC(CCCCF)C(C)NCO. The van der Waals surface area contributed by atoms with Crippen LogP contribution in [0.1, 0.15) is 33.1 Å². The van der Waals surface area contributed by atoms with Crippen LogP contribution in [0.2, 0.25) is 0 Å². The highest BCUT2D eigenvalue weighted by molar-refractivity contribution is 4.66. The van der Waals surface area contributed by atoms with Gasteiger partial charge >= 0.3 is 0 Å². The molecule has 0 rings (SSSR count). The Morgan fingerprint density at radius 2 is 2.00 bits per heavy atom. The van der Waals surface area contributed by atoms with E-state index >= 15 is 0 Å². The maximum absolute atomic E-state index is 11.7. The number of rotatable bonds is 7. The maximum Gasteiger partial charge on any atom is 0.0933 e. The topological polar surface area (TPSA) is 32.3 Å². The van der Waals surface area contributed by atoms with Gasteiger partial charge in [0.1, 0.15) is 0 Å². The summed E-state index contributed by atoms with van der Waals surface area (Å²) in [5.41, 5.74) is 0. The van der Waals surface area contributed by atoms with Gasteiger partial charge in [-0.3, -0.25) is 9.71 Å². The first-order chi connectivity index (χ1) is 5.72. The fourth-order valence-corrected chi connectivity index (χ4v) is 1.16. The summed E-state index contributed by atoms with van der Waals surface area (Å²) in [6.07, 6.45) is 2.63. The van der Waals surface area contributed by atoms with Crippen molar-refractivity contribution in [3.8, 4) is 0 Å². The van der Waals surface area contributed by atoms with Crippen LogP contribution in [0.3, 0.4) is 0 Å². The van der Waals surface area contributed by atoms with Crippen LogP contribution in [0.5, 0.6) is 0 Å². The number of alkyl halides is 1. The molecule has 2 unspecified atom stereocenters. The Kier molecular flexibility index (Phi) is 7.40. The second-order valence-electron chi connectivity index (χ2n) is 3.31. The molecule has 0 aliphatic heterocycles. The molecule has 3 heteroatoms. The third kappa shape index (κ3) is 5.49. The first kappa shape index (κ1) is 11.8. The van der Waals surface area contributed by atoms with Crippen molar-refractivity contribution >= 4 is 0 Å². The van der Waals surface area contributed by atoms with Gasteiger partial charge in [0.05, 0.1) is 13.4 Å². The van der Waals surface area contributed by atoms with Gasteiger partial charge in [-0.2, -0.15) is 0 Å². The van der Waals surface area contributed by atoms with Crippen molar-refractivity contribution in [1.29, 1.82) is 0 Å². The van der Waals surface area contributed by atoms with Gasteiger partial charge in [-0.25, -0.2) is 0 Å². The summed E-state index contributed by atoms with van der Waals surface area (Å²) in [5.74, 6) is 0.503. The summed E-state index contributed by atoms with van der Waals surface area (Å²) in [6, 6.07) is 0.314. The monoisotopic (exact) mass is 177 g/mol. The molecule has 0 radical (unpaired) electrons. The van der Waals surface area contributed by atoms with Crippen molar-refractivity contribution in [2.24, 2.45) is 5.92 Å². The summed E-state index contributed by atoms with van der Waals surface area (Å²) in [4.78, 5) is 0. The van der Waals surface area contributed by atoms with Crippen LogP contribution in [0.4, 0.5) is 4.39 Å². The largest absolute Gasteiger partial charge is 0.381 e. The summed E-state index contributed by atoms with van der Waals surface area (Å²) >= 11 is 0. The summed E-state index contributed by atoms with van der Waals surface area (Å²) in [5, 5.41) is 11.5. The van der Waals surface area contributed by atoms with Crippen LogP contribution >= 0.6 is 0 Å². The lowest BCUT2D eigenvalue weighted by Gasteiger charge is -2.19. The summed E-state index contributed by atoms with van der Waals surface area (Å²) in [6.45, 7) is 3.96. The van der Waals surface area contributed by atoms with Crippen molar-refractivity contribution in [1.82, 2.24) is 5.32 Å². The van der Waals surface area contributed by atoms with Crippen molar-refractivity contribution in [3.63, 3.8) is 0 Å². The van der Waals surface area contributed by atoms with Crippen LogP contribution in [0.15, 0.2) is 0 Å². The van der Waals surface area contributed by atoms with Gasteiger partial charge in [0.2, 0.25) is 0 Å². The molecular weight excluding hydrogens is 157 g/mol. The van der Waals surface area contributed by atoms with Gasteiger partial charge in [-0.05, 0) is 25.7 Å². The predicted octanol–water partition coefficient (Wildman–Crippen LogP) is 1.69. The van der Waals surface area contributed by atoms with E-state index in [0.717, 1.165) is 12.8 Å². The Morgan fingerprint density at radius 1 is 1.33 bits per heavy atom. The molecule has 74 valence electrons. The minimum Gasteiger partial charge on any atom is -0.381 e. The van der Waals surface area contributed by atoms with E-state index in [1.807, 2.05) is 6.92 Å². The highest BCUT2D eigenvalue weighted by Gasteiger charge is 2.09. The number of halogens is 1. The van der Waals surface area contributed by atoms with Gasteiger partial charge in [0.25, 0.3) is 0 Å². The number of hydrogen-bond acceptors (Lipinski definition) is 2. The lowest BCUT2D eigenvalue weighted by Crippen LogP contribution is -2.32. The van der Waals surface area contributed by atoms with Gasteiger partial charge in [-0.15, -0.1) is 0 Å². The Hall–Kier alpha value is -0.150. The normalized spacial score (nSPS) is 16.0. The zero-order chi connectivity index (χ0) is 9.40. The van der Waals surface area contributed by atoms with E-state index in [1.165, 1.54) is 0 Å². The van der Waals surface area contributed by atoms with Crippen molar-refractivity contribution in [2.75, 3.05) is 13.4 Å².